The molecule has 4 rings (SSSR count). The van der Waals surface area contributed by atoms with Crippen LogP contribution in [0.15, 0.2) is 48.7 Å². The molecule has 178 valence electrons. The molecule has 0 radical (unpaired) electrons. The van der Waals surface area contributed by atoms with E-state index in [1.165, 1.54) is 12.1 Å². The van der Waals surface area contributed by atoms with Crippen molar-refractivity contribution in [2.75, 3.05) is 12.3 Å². The predicted octanol–water partition coefficient (Wildman–Crippen LogP) is 3.62. The number of nitrogens with two attached hydrogens (primary N) is 2. The number of hydrogen-bond donors (Lipinski definition) is 4. The quantitative estimate of drug-likeness (QED) is 0.442. The van der Waals surface area contributed by atoms with E-state index in [0.29, 0.717) is 11.3 Å². The number of carbonyl (C=O) groups is 1. The van der Waals surface area contributed by atoms with Gasteiger partial charge >= 0.3 is 0 Å². The molecule has 1 fully saturated rings. The van der Waals surface area contributed by atoms with Crippen LogP contribution in [-0.4, -0.2) is 33.6 Å². The maximum absolute atomic E-state index is 15.0. The Bertz CT molecular complexity index is 1180. The van der Waals surface area contributed by atoms with Crippen molar-refractivity contribution in [1.82, 2.24) is 15.3 Å². The second-order valence-corrected chi connectivity index (χ2v) is 8.90. The van der Waals surface area contributed by atoms with Gasteiger partial charge in [-0.2, -0.15) is 0 Å². The first-order chi connectivity index (χ1) is 16.4. The van der Waals surface area contributed by atoms with Crippen molar-refractivity contribution in [3.05, 3.63) is 76.9 Å². The zero-order chi connectivity index (χ0) is 24.2. The molecular formula is C26H30FN5O2. The maximum Gasteiger partial charge on any atom is 0.254 e. The molecule has 1 saturated carbocycles. The number of rotatable bonds is 6. The van der Waals surface area contributed by atoms with Gasteiger partial charge in [0.25, 0.3) is 5.91 Å². The minimum atomic E-state index is -0.678. The van der Waals surface area contributed by atoms with Gasteiger partial charge in [0.05, 0.1) is 29.6 Å². The fourth-order valence-corrected chi connectivity index (χ4v) is 4.44. The third kappa shape index (κ3) is 5.24. The minimum absolute atomic E-state index is 0.0844. The molecule has 0 spiro atoms. The molecule has 1 heterocycles. The number of anilines is 1. The summed E-state index contributed by atoms with van der Waals surface area (Å²) in [7, 11) is 0. The van der Waals surface area contributed by atoms with Crippen LogP contribution in [0.2, 0.25) is 0 Å². The summed E-state index contributed by atoms with van der Waals surface area (Å²) in [4.78, 5) is 21.7. The van der Waals surface area contributed by atoms with Crippen molar-refractivity contribution in [1.29, 1.82) is 0 Å². The summed E-state index contributed by atoms with van der Waals surface area (Å²) < 4.78 is 15.0. The van der Waals surface area contributed by atoms with Crippen LogP contribution in [0.3, 0.4) is 0 Å². The van der Waals surface area contributed by atoms with Gasteiger partial charge in [0.15, 0.2) is 0 Å². The largest absolute Gasteiger partial charge is 0.393 e. The van der Waals surface area contributed by atoms with Gasteiger partial charge in [-0.3, -0.25) is 4.79 Å². The van der Waals surface area contributed by atoms with Crippen LogP contribution in [0.1, 0.15) is 64.8 Å². The van der Waals surface area contributed by atoms with E-state index < -0.39 is 17.8 Å². The van der Waals surface area contributed by atoms with Crippen molar-refractivity contribution in [2.45, 2.75) is 50.7 Å². The highest BCUT2D eigenvalue weighted by Crippen LogP contribution is 2.34. The predicted molar refractivity (Wildman–Crippen MR) is 129 cm³/mol. The maximum atomic E-state index is 15.0. The molecule has 1 amide bonds. The van der Waals surface area contributed by atoms with Crippen LogP contribution < -0.4 is 16.8 Å². The van der Waals surface area contributed by atoms with Crippen molar-refractivity contribution in [2.24, 2.45) is 5.73 Å². The Balaban J connectivity index is 1.55. The molecule has 8 heteroatoms. The minimum Gasteiger partial charge on any atom is -0.393 e. The Kier molecular flexibility index (Phi) is 7.19. The highest BCUT2D eigenvalue weighted by molar-refractivity contribution is 5.95. The molecule has 1 atom stereocenters. The number of nitrogens with zero attached hydrogens (tertiary/aromatic N) is 2. The van der Waals surface area contributed by atoms with E-state index in [-0.39, 0.29) is 29.9 Å². The van der Waals surface area contributed by atoms with Crippen molar-refractivity contribution in [3.63, 3.8) is 0 Å². The van der Waals surface area contributed by atoms with Gasteiger partial charge in [-0.1, -0.05) is 35.9 Å². The number of benzene rings is 2. The van der Waals surface area contributed by atoms with Crippen LogP contribution >= 0.6 is 0 Å². The number of aromatic nitrogens is 2. The number of hydrogen-bond acceptors (Lipinski definition) is 6. The van der Waals surface area contributed by atoms with Gasteiger partial charge in [-0.25, -0.2) is 14.4 Å². The average molecular weight is 464 g/mol. The Morgan fingerprint density at radius 3 is 2.65 bits per heavy atom. The number of amides is 1. The van der Waals surface area contributed by atoms with Crippen LogP contribution in [0.25, 0.3) is 11.3 Å². The lowest BCUT2D eigenvalue weighted by Gasteiger charge is -2.25. The number of nitrogen functional groups attached to an aromatic ring is 1. The third-order valence-corrected chi connectivity index (χ3v) is 6.41. The SMILES string of the molecule is Cc1cccc([C@@H](CN)NC(=O)c2ccc(-c3nc(C4CCC(O)CC4)cnc3N)cc2F)c1. The summed E-state index contributed by atoms with van der Waals surface area (Å²) >= 11 is 0. The highest BCUT2D eigenvalue weighted by Gasteiger charge is 2.24. The summed E-state index contributed by atoms with van der Waals surface area (Å²) in [6.07, 6.45) is 4.45. The normalized spacial score (nSPS) is 18.9. The summed E-state index contributed by atoms with van der Waals surface area (Å²) in [5.41, 5.74) is 15.4. The molecule has 1 aliphatic carbocycles. The zero-order valence-corrected chi connectivity index (χ0v) is 19.2. The fraction of sp³-hybridized carbons (Fsp3) is 0.346. The summed E-state index contributed by atoms with van der Waals surface area (Å²) in [6.45, 7) is 2.14. The van der Waals surface area contributed by atoms with Crippen LogP contribution in [0.5, 0.6) is 0 Å². The van der Waals surface area contributed by atoms with Crippen LogP contribution in [-0.2, 0) is 0 Å². The first-order valence-corrected chi connectivity index (χ1v) is 11.5. The third-order valence-electron chi connectivity index (χ3n) is 6.41. The molecule has 6 N–H and O–H groups in total. The Labute approximate surface area is 198 Å². The number of aliphatic hydroxyl groups excluding tert-OH is 1. The van der Waals surface area contributed by atoms with E-state index in [1.807, 2.05) is 31.2 Å². The Hall–Kier alpha value is -3.36. The first kappa shape index (κ1) is 23.8. The lowest BCUT2D eigenvalue weighted by atomic mass is 9.85. The lowest BCUT2D eigenvalue weighted by molar-refractivity contribution is 0.0933. The monoisotopic (exact) mass is 463 g/mol. The topological polar surface area (TPSA) is 127 Å². The summed E-state index contributed by atoms with van der Waals surface area (Å²) in [5.74, 6) is -0.851. The molecule has 1 aromatic heterocycles. The summed E-state index contributed by atoms with van der Waals surface area (Å²) in [6, 6.07) is 11.5. The van der Waals surface area contributed by atoms with Crippen molar-refractivity contribution in [3.8, 4) is 11.3 Å². The second-order valence-electron chi connectivity index (χ2n) is 8.90. The van der Waals surface area contributed by atoms with Gasteiger partial charge in [-0.15, -0.1) is 0 Å². The molecule has 7 nitrogen and oxygen atoms in total. The summed E-state index contributed by atoms with van der Waals surface area (Å²) in [5, 5.41) is 12.6. The first-order valence-electron chi connectivity index (χ1n) is 11.5. The van der Waals surface area contributed by atoms with E-state index in [1.54, 1.807) is 12.3 Å². The smallest absolute Gasteiger partial charge is 0.254 e. The fourth-order valence-electron chi connectivity index (χ4n) is 4.44. The standard InChI is InChI=1S/C26H30FN5O2/c1-15-3-2-4-17(11-15)22(13-28)32-26(34)20-10-7-18(12-21(20)27)24-25(29)30-14-23(31-24)16-5-8-19(33)9-6-16/h2-4,7,10-12,14,16,19,22,33H,5-6,8-9,13,28H2,1H3,(H2,29,30)(H,32,34)/t16?,19?,22-/m1/s1. The molecule has 2 aromatic carbocycles. The Morgan fingerprint density at radius 1 is 1.21 bits per heavy atom. The Morgan fingerprint density at radius 2 is 1.97 bits per heavy atom. The number of aryl methyl sites for hydroxylation is 1. The average Bonchev–Trinajstić information content (AvgIpc) is 2.83. The molecule has 34 heavy (non-hydrogen) atoms. The zero-order valence-electron chi connectivity index (χ0n) is 19.2. The number of aliphatic hydroxyl groups is 1. The van der Waals surface area contributed by atoms with Gasteiger partial charge in [-0.05, 0) is 50.3 Å². The molecule has 3 aromatic rings. The van der Waals surface area contributed by atoms with Gasteiger partial charge in [0, 0.05) is 18.0 Å². The van der Waals surface area contributed by atoms with E-state index in [0.717, 1.165) is 42.5 Å². The molecule has 0 bridgehead atoms. The second kappa shape index (κ2) is 10.3. The molecule has 0 aliphatic heterocycles. The van der Waals surface area contributed by atoms with E-state index in [4.69, 9.17) is 11.5 Å². The van der Waals surface area contributed by atoms with Gasteiger partial charge in [0.1, 0.15) is 17.3 Å². The van der Waals surface area contributed by atoms with Crippen molar-refractivity contribution < 1.29 is 14.3 Å². The van der Waals surface area contributed by atoms with E-state index in [2.05, 4.69) is 15.3 Å². The van der Waals surface area contributed by atoms with Crippen LogP contribution in [0, 0.1) is 12.7 Å². The molecule has 0 unspecified atom stereocenters. The highest BCUT2D eigenvalue weighted by atomic mass is 19.1. The molecule has 1 aliphatic rings. The number of halogens is 1. The molecule has 0 saturated heterocycles. The molecular weight excluding hydrogens is 433 g/mol. The van der Waals surface area contributed by atoms with Gasteiger partial charge in [0.2, 0.25) is 0 Å². The van der Waals surface area contributed by atoms with E-state index >= 15 is 4.39 Å². The van der Waals surface area contributed by atoms with Crippen LogP contribution in [0.4, 0.5) is 10.2 Å². The number of nitrogens with one attached hydrogen (secondary N) is 1. The van der Waals surface area contributed by atoms with E-state index in [9.17, 15) is 9.90 Å². The van der Waals surface area contributed by atoms with Crippen molar-refractivity contribution >= 4 is 11.7 Å². The number of carbonyl (C=O) groups excluding carboxylic acids is 1. The lowest BCUT2D eigenvalue weighted by Crippen LogP contribution is -2.33. The van der Waals surface area contributed by atoms with Gasteiger partial charge < -0.3 is 21.9 Å².